The normalized spacial score (nSPS) is 12.4. The molecule has 0 aliphatic carbocycles. The Morgan fingerprint density at radius 2 is 1.40 bits per heavy atom. The van der Waals surface area contributed by atoms with Crippen molar-refractivity contribution in [2.45, 2.75) is 39.0 Å². The van der Waals surface area contributed by atoms with Crippen LogP contribution in [0.25, 0.3) is 32.8 Å². The first-order valence-corrected chi connectivity index (χ1v) is 14.8. The van der Waals surface area contributed by atoms with Gasteiger partial charge in [0.1, 0.15) is 5.82 Å². The maximum atomic E-state index is 5.10. The topological polar surface area (TPSA) is 50.2 Å². The lowest BCUT2D eigenvalue weighted by molar-refractivity contribution is 0.703. The fraction of sp³-hybridized carbons (Fsp3) is 0.184. The molecule has 0 amide bonds. The van der Waals surface area contributed by atoms with Crippen molar-refractivity contribution in [3.63, 3.8) is 0 Å². The average Bonchev–Trinajstić information content (AvgIpc) is 3.03. The van der Waals surface area contributed by atoms with Gasteiger partial charge in [-0.2, -0.15) is 0 Å². The quantitative estimate of drug-likeness (QED) is 0.183. The van der Waals surface area contributed by atoms with E-state index in [1.165, 1.54) is 27.3 Å². The third-order valence-corrected chi connectivity index (χ3v) is 7.96. The second-order valence-electron chi connectivity index (χ2n) is 11.2. The Balaban J connectivity index is 1.25. The maximum Gasteiger partial charge on any atom is 0.133 e. The highest BCUT2D eigenvalue weighted by atomic mass is 15.0. The molecule has 0 saturated heterocycles. The Hall–Kier alpha value is -4.83. The summed E-state index contributed by atoms with van der Waals surface area (Å²) in [5.41, 5.74) is 6.50. The van der Waals surface area contributed by atoms with Crippen LogP contribution >= 0.6 is 0 Å². The number of nitrogens with zero attached hydrogens (tertiary/aromatic N) is 3. The molecule has 2 aromatic heterocycles. The number of para-hydroxylation sites is 1. The van der Waals surface area contributed by atoms with Crippen molar-refractivity contribution in [1.82, 2.24) is 9.97 Å². The molecule has 0 saturated carbocycles. The Morgan fingerprint density at radius 3 is 2.24 bits per heavy atom. The summed E-state index contributed by atoms with van der Waals surface area (Å²) in [7, 11) is 0. The van der Waals surface area contributed by atoms with E-state index in [1.807, 2.05) is 18.5 Å². The van der Waals surface area contributed by atoms with Crippen LogP contribution in [0, 0.1) is 0 Å². The van der Waals surface area contributed by atoms with Crippen LogP contribution in [0.1, 0.15) is 55.8 Å². The first-order chi connectivity index (χ1) is 20.6. The molecule has 0 bridgehead atoms. The molecule has 4 heteroatoms. The summed E-state index contributed by atoms with van der Waals surface area (Å²) in [6.07, 6.45) is 4.75. The predicted octanol–water partition coefficient (Wildman–Crippen LogP) is 9.93. The summed E-state index contributed by atoms with van der Waals surface area (Å²) >= 11 is 0. The van der Waals surface area contributed by atoms with E-state index in [0.717, 1.165) is 46.8 Å². The Morgan fingerprint density at radius 1 is 0.714 bits per heavy atom. The standard InChI is InChI=1S/C38H36N4/c1-26(2)31-17-10-18-32(27(3)21-23-39-38-34-16-7-5-12-29(34)22-24-40-38)37(31)41-25-30-14-9-20-36(42-30)35-19-8-13-28-11-4-6-15-33(28)35/h4-20,22,24-27H,21,23H2,1-3H3,(H,39,40). The van der Waals surface area contributed by atoms with Crippen molar-refractivity contribution in [2.75, 3.05) is 11.9 Å². The van der Waals surface area contributed by atoms with E-state index in [-0.39, 0.29) is 0 Å². The van der Waals surface area contributed by atoms with E-state index in [1.54, 1.807) is 0 Å². The van der Waals surface area contributed by atoms with Crippen LogP contribution in [0.3, 0.4) is 0 Å². The smallest absolute Gasteiger partial charge is 0.133 e. The van der Waals surface area contributed by atoms with Crippen LogP contribution < -0.4 is 5.32 Å². The predicted molar refractivity (Wildman–Crippen MR) is 178 cm³/mol. The summed E-state index contributed by atoms with van der Waals surface area (Å²) in [6.45, 7) is 7.58. The SMILES string of the molecule is CC(C)c1cccc(C(C)CCNc2nccc3ccccc23)c1N=Cc1cccc(-c2cccc3ccccc23)n1. The number of hydrogen-bond donors (Lipinski definition) is 1. The van der Waals surface area contributed by atoms with Crippen molar-refractivity contribution in [2.24, 2.45) is 4.99 Å². The molecule has 2 heterocycles. The van der Waals surface area contributed by atoms with Crippen molar-refractivity contribution in [1.29, 1.82) is 0 Å². The van der Waals surface area contributed by atoms with Gasteiger partial charge in [0.15, 0.2) is 0 Å². The molecular weight excluding hydrogens is 512 g/mol. The zero-order valence-electron chi connectivity index (χ0n) is 24.5. The first kappa shape index (κ1) is 27.3. The van der Waals surface area contributed by atoms with Gasteiger partial charge in [-0.25, -0.2) is 9.97 Å². The van der Waals surface area contributed by atoms with E-state index < -0.39 is 0 Å². The monoisotopic (exact) mass is 548 g/mol. The number of nitrogens with one attached hydrogen (secondary N) is 1. The number of fused-ring (bicyclic) bond motifs is 2. The van der Waals surface area contributed by atoms with Gasteiger partial charge in [-0.1, -0.05) is 112 Å². The minimum absolute atomic E-state index is 0.313. The van der Waals surface area contributed by atoms with E-state index >= 15 is 0 Å². The molecule has 208 valence electrons. The first-order valence-electron chi connectivity index (χ1n) is 14.8. The lowest BCUT2D eigenvalue weighted by Crippen LogP contribution is -2.08. The Kier molecular flexibility index (Phi) is 8.05. The number of hydrogen-bond acceptors (Lipinski definition) is 4. The highest BCUT2D eigenvalue weighted by Gasteiger charge is 2.16. The van der Waals surface area contributed by atoms with Gasteiger partial charge in [-0.3, -0.25) is 4.99 Å². The fourth-order valence-electron chi connectivity index (χ4n) is 5.67. The maximum absolute atomic E-state index is 5.10. The lowest BCUT2D eigenvalue weighted by Gasteiger charge is -2.19. The molecule has 6 rings (SSSR count). The van der Waals surface area contributed by atoms with Crippen LogP contribution in [0.15, 0.2) is 120 Å². The summed E-state index contributed by atoms with van der Waals surface area (Å²) in [5, 5.41) is 8.34. The van der Waals surface area contributed by atoms with E-state index in [9.17, 15) is 0 Å². The molecule has 1 N–H and O–H groups in total. The molecule has 0 aliphatic rings. The van der Waals surface area contributed by atoms with Gasteiger partial charge >= 0.3 is 0 Å². The average molecular weight is 549 g/mol. The van der Waals surface area contributed by atoms with Gasteiger partial charge in [0, 0.05) is 23.7 Å². The zero-order chi connectivity index (χ0) is 28.9. The molecular formula is C38H36N4. The van der Waals surface area contributed by atoms with Crippen LogP contribution in [-0.2, 0) is 0 Å². The molecule has 0 radical (unpaired) electrons. The molecule has 6 aromatic rings. The second kappa shape index (κ2) is 12.4. The molecule has 1 unspecified atom stereocenters. The minimum atomic E-state index is 0.313. The van der Waals surface area contributed by atoms with Crippen molar-refractivity contribution >= 4 is 39.3 Å². The molecule has 4 aromatic carbocycles. The van der Waals surface area contributed by atoms with Crippen LogP contribution in [0.4, 0.5) is 11.5 Å². The fourth-order valence-corrected chi connectivity index (χ4v) is 5.67. The van der Waals surface area contributed by atoms with Crippen LogP contribution in [0.5, 0.6) is 0 Å². The molecule has 0 aliphatic heterocycles. The largest absolute Gasteiger partial charge is 0.370 e. The van der Waals surface area contributed by atoms with E-state index in [4.69, 9.17) is 9.98 Å². The number of anilines is 1. The number of aromatic nitrogens is 2. The minimum Gasteiger partial charge on any atom is -0.370 e. The highest BCUT2D eigenvalue weighted by Crippen LogP contribution is 2.36. The number of benzene rings is 4. The van der Waals surface area contributed by atoms with Gasteiger partial charge in [0.25, 0.3) is 0 Å². The highest BCUT2D eigenvalue weighted by molar-refractivity contribution is 5.96. The van der Waals surface area contributed by atoms with Gasteiger partial charge in [0.2, 0.25) is 0 Å². The van der Waals surface area contributed by atoms with Crippen molar-refractivity contribution < 1.29 is 0 Å². The third-order valence-electron chi connectivity index (χ3n) is 7.96. The summed E-state index contributed by atoms with van der Waals surface area (Å²) in [5.74, 6) is 1.61. The summed E-state index contributed by atoms with van der Waals surface area (Å²) in [4.78, 5) is 14.7. The second-order valence-corrected chi connectivity index (χ2v) is 11.2. The van der Waals surface area contributed by atoms with Gasteiger partial charge in [0.05, 0.1) is 23.3 Å². The Bertz CT molecular complexity index is 1860. The number of aliphatic imine (C=N–C) groups is 1. The molecule has 1 atom stereocenters. The van der Waals surface area contributed by atoms with E-state index in [2.05, 4.69) is 134 Å². The van der Waals surface area contributed by atoms with Crippen LogP contribution in [-0.4, -0.2) is 22.7 Å². The van der Waals surface area contributed by atoms with E-state index in [0.29, 0.717) is 11.8 Å². The van der Waals surface area contributed by atoms with Gasteiger partial charge in [-0.05, 0) is 63.7 Å². The molecule has 0 fully saturated rings. The molecule has 4 nitrogen and oxygen atoms in total. The number of rotatable bonds is 9. The third kappa shape index (κ3) is 5.80. The molecule has 0 spiro atoms. The van der Waals surface area contributed by atoms with Crippen molar-refractivity contribution in [3.05, 3.63) is 132 Å². The zero-order valence-corrected chi connectivity index (χ0v) is 24.5. The number of pyridine rings is 2. The lowest BCUT2D eigenvalue weighted by atomic mass is 9.90. The molecule has 42 heavy (non-hydrogen) atoms. The van der Waals surface area contributed by atoms with Gasteiger partial charge < -0.3 is 5.32 Å². The van der Waals surface area contributed by atoms with Gasteiger partial charge in [-0.15, -0.1) is 0 Å². The van der Waals surface area contributed by atoms with Crippen LogP contribution in [0.2, 0.25) is 0 Å². The summed E-state index contributed by atoms with van der Waals surface area (Å²) in [6, 6.07) is 38.0. The van der Waals surface area contributed by atoms with Crippen molar-refractivity contribution in [3.8, 4) is 11.3 Å². The Labute approximate surface area is 248 Å². The summed E-state index contributed by atoms with van der Waals surface area (Å²) < 4.78 is 0.